The van der Waals surface area contributed by atoms with Crippen LogP contribution in [0, 0.1) is 0 Å². The summed E-state index contributed by atoms with van der Waals surface area (Å²) in [5.41, 5.74) is 1.30. The van der Waals surface area contributed by atoms with Crippen molar-refractivity contribution < 1.29 is 28.6 Å². The van der Waals surface area contributed by atoms with Gasteiger partial charge in [-0.15, -0.1) is 0 Å². The van der Waals surface area contributed by atoms with Gasteiger partial charge in [0.1, 0.15) is 11.5 Å². The zero-order valence-electron chi connectivity index (χ0n) is 16.6. The molecule has 0 spiro atoms. The molecule has 1 N–H and O–H groups in total. The highest BCUT2D eigenvalue weighted by atomic mass is 16.5. The Hall–Kier alpha value is -4.13. The van der Waals surface area contributed by atoms with E-state index in [1.54, 1.807) is 66.7 Å². The Morgan fingerprint density at radius 2 is 1.71 bits per heavy atom. The fourth-order valence-electron chi connectivity index (χ4n) is 3.63. The van der Waals surface area contributed by atoms with Crippen molar-refractivity contribution in [2.75, 3.05) is 7.11 Å². The summed E-state index contributed by atoms with van der Waals surface area (Å²) in [7, 11) is 1.29. The summed E-state index contributed by atoms with van der Waals surface area (Å²) < 4.78 is 10.1. The second kappa shape index (κ2) is 8.31. The third-order valence-corrected chi connectivity index (χ3v) is 5.14. The molecular weight excluding hydrogens is 398 g/mol. The summed E-state index contributed by atoms with van der Waals surface area (Å²) in [6.45, 7) is 0.0482. The van der Waals surface area contributed by atoms with Crippen molar-refractivity contribution in [3.8, 4) is 0 Å². The molecule has 2 aromatic carbocycles. The number of amides is 1. The van der Waals surface area contributed by atoms with Crippen LogP contribution in [0.1, 0.15) is 33.3 Å². The van der Waals surface area contributed by atoms with Crippen LogP contribution >= 0.6 is 0 Å². The molecule has 1 fully saturated rings. The first-order chi connectivity index (χ1) is 15.0. The molecule has 1 aliphatic rings. The lowest BCUT2D eigenvalue weighted by Gasteiger charge is -2.24. The second-order valence-electron chi connectivity index (χ2n) is 6.99. The van der Waals surface area contributed by atoms with E-state index in [4.69, 9.17) is 9.15 Å². The minimum absolute atomic E-state index is 0.0198. The van der Waals surface area contributed by atoms with E-state index in [1.807, 2.05) is 0 Å². The number of rotatable bonds is 5. The molecule has 0 unspecified atom stereocenters. The normalized spacial score (nSPS) is 17.7. The van der Waals surface area contributed by atoms with E-state index in [0.717, 1.165) is 0 Å². The van der Waals surface area contributed by atoms with Gasteiger partial charge in [0.25, 0.3) is 11.7 Å². The Bertz CT molecular complexity index is 1150. The van der Waals surface area contributed by atoms with E-state index in [-0.39, 0.29) is 17.9 Å². The molecule has 1 aromatic heterocycles. The van der Waals surface area contributed by atoms with E-state index in [0.29, 0.717) is 22.5 Å². The zero-order chi connectivity index (χ0) is 22.0. The van der Waals surface area contributed by atoms with Crippen LogP contribution in [0.2, 0.25) is 0 Å². The molecule has 0 bridgehead atoms. The topological polar surface area (TPSA) is 97.0 Å². The number of furan rings is 1. The lowest BCUT2D eigenvalue weighted by atomic mass is 9.94. The van der Waals surface area contributed by atoms with Crippen LogP contribution in [0.4, 0.5) is 0 Å². The average molecular weight is 417 g/mol. The van der Waals surface area contributed by atoms with Crippen LogP contribution in [-0.4, -0.2) is 34.8 Å². The lowest BCUT2D eigenvalue weighted by molar-refractivity contribution is -0.140. The Morgan fingerprint density at radius 3 is 2.32 bits per heavy atom. The van der Waals surface area contributed by atoms with Crippen LogP contribution in [-0.2, 0) is 20.9 Å². The van der Waals surface area contributed by atoms with E-state index >= 15 is 0 Å². The van der Waals surface area contributed by atoms with Gasteiger partial charge in [0, 0.05) is 5.56 Å². The molecule has 7 heteroatoms. The van der Waals surface area contributed by atoms with Gasteiger partial charge in [-0.05, 0) is 29.8 Å². The molecular formula is C24H19NO6. The first-order valence-electron chi connectivity index (χ1n) is 9.55. The lowest BCUT2D eigenvalue weighted by Crippen LogP contribution is -2.29. The Morgan fingerprint density at radius 1 is 1.00 bits per heavy atom. The maximum atomic E-state index is 13.0. The highest BCUT2D eigenvalue weighted by Gasteiger charge is 2.46. The number of ether oxygens (including phenoxy) is 1. The molecule has 2 heterocycles. The SMILES string of the molecule is COC(=O)c1ccc([C@H]2/C(=C(\O)c3ccccc3)C(=O)C(=O)N2Cc2ccco2)cc1. The third kappa shape index (κ3) is 3.73. The van der Waals surface area contributed by atoms with Crippen molar-refractivity contribution in [1.82, 2.24) is 4.90 Å². The van der Waals surface area contributed by atoms with Crippen molar-refractivity contribution in [3.63, 3.8) is 0 Å². The van der Waals surface area contributed by atoms with Gasteiger partial charge >= 0.3 is 5.97 Å². The second-order valence-corrected chi connectivity index (χ2v) is 6.99. The summed E-state index contributed by atoms with van der Waals surface area (Å²) in [6.07, 6.45) is 1.48. The van der Waals surface area contributed by atoms with Gasteiger partial charge in [0.2, 0.25) is 0 Å². The number of hydrogen-bond donors (Lipinski definition) is 1. The van der Waals surface area contributed by atoms with Gasteiger partial charge in [0.05, 0.1) is 37.1 Å². The number of esters is 1. The fraction of sp³-hybridized carbons (Fsp3) is 0.125. The van der Waals surface area contributed by atoms with Crippen LogP contribution in [0.5, 0.6) is 0 Å². The van der Waals surface area contributed by atoms with Crippen LogP contribution in [0.25, 0.3) is 5.76 Å². The van der Waals surface area contributed by atoms with Crippen LogP contribution in [0.15, 0.2) is 83.0 Å². The van der Waals surface area contributed by atoms with Crippen molar-refractivity contribution >= 4 is 23.4 Å². The van der Waals surface area contributed by atoms with E-state index in [1.165, 1.54) is 18.3 Å². The summed E-state index contributed by atoms with van der Waals surface area (Å²) in [6, 6.07) is 17.5. The number of Topliss-reactive ketones (excluding diaryl/α,β-unsaturated/α-hetero) is 1. The molecule has 1 saturated heterocycles. The molecule has 0 radical (unpaired) electrons. The van der Waals surface area contributed by atoms with Crippen molar-refractivity contribution in [1.29, 1.82) is 0 Å². The molecule has 4 rings (SSSR count). The minimum Gasteiger partial charge on any atom is -0.507 e. The summed E-state index contributed by atoms with van der Waals surface area (Å²) >= 11 is 0. The number of nitrogens with zero attached hydrogens (tertiary/aromatic N) is 1. The Kier molecular flexibility index (Phi) is 5.41. The van der Waals surface area contributed by atoms with Gasteiger partial charge in [-0.25, -0.2) is 4.79 Å². The molecule has 0 aliphatic carbocycles. The molecule has 3 aromatic rings. The number of hydrogen-bond acceptors (Lipinski definition) is 6. The van der Waals surface area contributed by atoms with Gasteiger partial charge in [-0.1, -0.05) is 42.5 Å². The number of ketones is 1. The van der Waals surface area contributed by atoms with Gasteiger partial charge in [0.15, 0.2) is 0 Å². The van der Waals surface area contributed by atoms with Gasteiger partial charge < -0.3 is 19.2 Å². The fourth-order valence-corrected chi connectivity index (χ4v) is 3.63. The molecule has 1 amide bonds. The number of aliphatic hydroxyl groups is 1. The summed E-state index contributed by atoms with van der Waals surface area (Å²) in [5.74, 6) is -1.79. The van der Waals surface area contributed by atoms with E-state index < -0.39 is 23.7 Å². The average Bonchev–Trinajstić information content (AvgIpc) is 3.41. The molecule has 156 valence electrons. The number of carbonyl (C=O) groups is 3. The zero-order valence-corrected chi connectivity index (χ0v) is 16.6. The number of carbonyl (C=O) groups excluding carboxylic acids is 3. The summed E-state index contributed by atoms with van der Waals surface area (Å²) in [5, 5.41) is 10.9. The van der Waals surface area contributed by atoms with Gasteiger partial charge in [-0.3, -0.25) is 9.59 Å². The minimum atomic E-state index is -0.850. The molecule has 0 saturated carbocycles. The predicted molar refractivity (Wildman–Crippen MR) is 111 cm³/mol. The maximum absolute atomic E-state index is 13.0. The largest absolute Gasteiger partial charge is 0.507 e. The first-order valence-corrected chi connectivity index (χ1v) is 9.55. The highest BCUT2D eigenvalue weighted by molar-refractivity contribution is 6.46. The van der Waals surface area contributed by atoms with Gasteiger partial charge in [-0.2, -0.15) is 0 Å². The quantitative estimate of drug-likeness (QED) is 0.294. The van der Waals surface area contributed by atoms with Crippen molar-refractivity contribution in [3.05, 3.63) is 101 Å². The first kappa shape index (κ1) is 20.2. The third-order valence-electron chi connectivity index (χ3n) is 5.14. The van der Waals surface area contributed by atoms with Crippen LogP contribution < -0.4 is 0 Å². The number of aliphatic hydroxyl groups excluding tert-OH is 1. The standard InChI is InChI=1S/C24H19NO6/c1-30-24(29)17-11-9-15(10-12-17)20-19(21(26)16-6-3-2-4-7-16)22(27)23(28)25(20)14-18-8-5-13-31-18/h2-13,20,26H,14H2,1H3/b21-19+/t20-/m0/s1. The maximum Gasteiger partial charge on any atom is 0.337 e. The molecule has 31 heavy (non-hydrogen) atoms. The Balaban J connectivity index is 1.84. The van der Waals surface area contributed by atoms with E-state index in [2.05, 4.69) is 0 Å². The summed E-state index contributed by atoms with van der Waals surface area (Å²) in [4.78, 5) is 39.0. The van der Waals surface area contributed by atoms with Crippen molar-refractivity contribution in [2.24, 2.45) is 0 Å². The molecule has 1 atom stereocenters. The predicted octanol–water partition coefficient (Wildman–Crippen LogP) is 3.69. The molecule has 7 nitrogen and oxygen atoms in total. The number of benzene rings is 2. The smallest absolute Gasteiger partial charge is 0.337 e. The monoisotopic (exact) mass is 417 g/mol. The van der Waals surface area contributed by atoms with Crippen LogP contribution in [0.3, 0.4) is 0 Å². The molecule has 1 aliphatic heterocycles. The van der Waals surface area contributed by atoms with Crippen molar-refractivity contribution in [2.45, 2.75) is 12.6 Å². The Labute approximate surface area is 178 Å². The number of methoxy groups -OCH3 is 1. The van der Waals surface area contributed by atoms with E-state index in [9.17, 15) is 19.5 Å². The number of likely N-dealkylation sites (tertiary alicyclic amines) is 1. The highest BCUT2D eigenvalue weighted by Crippen LogP contribution is 2.40.